The number of ether oxygens (including phenoxy) is 1. The van der Waals surface area contributed by atoms with Gasteiger partial charge in [-0.05, 0) is 38.8 Å². The molecule has 1 fully saturated rings. The van der Waals surface area contributed by atoms with Gasteiger partial charge in [0.1, 0.15) is 0 Å². The van der Waals surface area contributed by atoms with Crippen molar-refractivity contribution in [1.82, 2.24) is 4.90 Å². The van der Waals surface area contributed by atoms with E-state index in [1.165, 1.54) is 20.0 Å². The predicted octanol–water partition coefficient (Wildman–Crippen LogP) is 2.10. The van der Waals surface area contributed by atoms with Crippen molar-refractivity contribution in [2.45, 2.75) is 51.0 Å². The number of methoxy groups -OCH3 is 1. The number of rotatable bonds is 6. The zero-order chi connectivity index (χ0) is 12.5. The van der Waals surface area contributed by atoms with Gasteiger partial charge in [-0.2, -0.15) is 5.26 Å². The molecule has 0 spiro atoms. The fraction of sp³-hybridized carbons (Fsp3) is 0.846. The minimum absolute atomic E-state index is 0.112. The number of piperidine rings is 1. The first-order valence-corrected chi connectivity index (χ1v) is 6.45. The Morgan fingerprint density at radius 2 is 2.29 bits per heavy atom. The highest BCUT2D eigenvalue weighted by atomic mass is 16.5. The van der Waals surface area contributed by atoms with Crippen LogP contribution in [-0.4, -0.2) is 37.1 Å². The number of nitriles is 1. The van der Waals surface area contributed by atoms with Crippen LogP contribution in [0.4, 0.5) is 0 Å². The van der Waals surface area contributed by atoms with E-state index in [2.05, 4.69) is 11.0 Å². The third-order valence-electron chi connectivity index (χ3n) is 3.36. The van der Waals surface area contributed by atoms with Crippen LogP contribution in [0.25, 0.3) is 0 Å². The molecule has 0 aromatic carbocycles. The lowest BCUT2D eigenvalue weighted by atomic mass is 9.99. The highest BCUT2D eigenvalue weighted by molar-refractivity contribution is 5.69. The molecule has 0 aliphatic carbocycles. The number of esters is 1. The average molecular weight is 238 g/mol. The molecule has 1 saturated heterocycles. The van der Waals surface area contributed by atoms with Crippen molar-refractivity contribution in [3.05, 3.63) is 0 Å². The summed E-state index contributed by atoms with van der Waals surface area (Å²) in [4.78, 5) is 13.7. The van der Waals surface area contributed by atoms with Crippen LogP contribution < -0.4 is 0 Å². The Bertz CT molecular complexity index is 273. The van der Waals surface area contributed by atoms with E-state index in [0.29, 0.717) is 18.9 Å². The lowest BCUT2D eigenvalue weighted by Crippen LogP contribution is -2.41. The molecule has 1 unspecified atom stereocenters. The molecule has 1 atom stereocenters. The molecule has 1 rings (SSSR count). The minimum atomic E-state index is -0.112. The first-order valence-electron chi connectivity index (χ1n) is 6.45. The van der Waals surface area contributed by atoms with Crippen molar-refractivity contribution in [2.75, 3.05) is 20.2 Å². The van der Waals surface area contributed by atoms with Gasteiger partial charge in [-0.1, -0.05) is 6.42 Å². The Morgan fingerprint density at radius 3 is 3.00 bits per heavy atom. The smallest absolute Gasteiger partial charge is 0.307 e. The molecule has 0 aromatic rings. The number of likely N-dealkylation sites (tertiary alicyclic amines) is 1. The van der Waals surface area contributed by atoms with Crippen LogP contribution in [0.2, 0.25) is 0 Å². The molecule has 1 heterocycles. The van der Waals surface area contributed by atoms with Crippen molar-refractivity contribution in [1.29, 1.82) is 5.26 Å². The van der Waals surface area contributed by atoms with E-state index in [0.717, 1.165) is 32.4 Å². The van der Waals surface area contributed by atoms with Crippen molar-refractivity contribution < 1.29 is 9.53 Å². The maximum absolute atomic E-state index is 11.3. The number of hydrogen-bond donors (Lipinski definition) is 0. The second-order valence-corrected chi connectivity index (χ2v) is 4.58. The van der Waals surface area contributed by atoms with Crippen LogP contribution in [0.3, 0.4) is 0 Å². The van der Waals surface area contributed by atoms with E-state index >= 15 is 0 Å². The molecule has 4 nitrogen and oxygen atoms in total. The summed E-state index contributed by atoms with van der Waals surface area (Å²) in [7, 11) is 1.45. The lowest BCUT2D eigenvalue weighted by molar-refractivity contribution is -0.142. The van der Waals surface area contributed by atoms with Crippen molar-refractivity contribution in [2.24, 2.45) is 0 Å². The molecule has 0 saturated carbocycles. The highest BCUT2D eigenvalue weighted by Gasteiger charge is 2.24. The fourth-order valence-corrected chi connectivity index (χ4v) is 2.38. The van der Waals surface area contributed by atoms with E-state index < -0.39 is 0 Å². The van der Waals surface area contributed by atoms with Gasteiger partial charge >= 0.3 is 5.97 Å². The van der Waals surface area contributed by atoms with E-state index in [-0.39, 0.29) is 5.97 Å². The van der Waals surface area contributed by atoms with E-state index in [1.54, 1.807) is 0 Å². The van der Waals surface area contributed by atoms with Gasteiger partial charge in [-0.3, -0.25) is 9.69 Å². The Kier molecular flexibility index (Phi) is 6.64. The Morgan fingerprint density at radius 1 is 1.47 bits per heavy atom. The van der Waals surface area contributed by atoms with E-state index in [4.69, 9.17) is 10.00 Å². The van der Waals surface area contributed by atoms with Crippen molar-refractivity contribution >= 4 is 5.97 Å². The second kappa shape index (κ2) is 8.08. The Labute approximate surface area is 104 Å². The van der Waals surface area contributed by atoms with E-state index in [9.17, 15) is 4.79 Å². The monoisotopic (exact) mass is 238 g/mol. The predicted molar refractivity (Wildman–Crippen MR) is 65.3 cm³/mol. The third-order valence-corrected chi connectivity index (χ3v) is 3.36. The number of unbranched alkanes of at least 4 members (excludes halogenated alkanes) is 2. The number of hydrogen-bond acceptors (Lipinski definition) is 4. The summed E-state index contributed by atoms with van der Waals surface area (Å²) in [5.74, 6) is -0.112. The molecule has 1 aliphatic rings. The summed E-state index contributed by atoms with van der Waals surface area (Å²) in [6, 6.07) is 2.51. The van der Waals surface area contributed by atoms with Crippen LogP contribution >= 0.6 is 0 Å². The maximum Gasteiger partial charge on any atom is 0.307 e. The van der Waals surface area contributed by atoms with Gasteiger partial charge in [-0.25, -0.2) is 0 Å². The van der Waals surface area contributed by atoms with Gasteiger partial charge in [-0.15, -0.1) is 0 Å². The molecular formula is C13H22N2O2. The molecule has 0 radical (unpaired) electrons. The number of carbonyl (C=O) groups is 1. The van der Waals surface area contributed by atoms with Crippen LogP contribution in [0.1, 0.15) is 44.9 Å². The molecular weight excluding hydrogens is 216 g/mol. The molecule has 4 heteroatoms. The van der Waals surface area contributed by atoms with Crippen molar-refractivity contribution in [3.8, 4) is 6.07 Å². The average Bonchev–Trinajstić information content (AvgIpc) is 2.36. The lowest BCUT2D eigenvalue weighted by Gasteiger charge is -2.35. The standard InChI is InChI=1S/C13H22N2O2/c1-17-13(16)11-12-7-3-6-10-15(12)9-5-2-4-8-14/h12H,2-7,9-11H2,1H3. The summed E-state index contributed by atoms with van der Waals surface area (Å²) < 4.78 is 4.74. The number of nitrogens with zero attached hydrogens (tertiary/aromatic N) is 2. The molecule has 0 aromatic heterocycles. The molecule has 17 heavy (non-hydrogen) atoms. The van der Waals surface area contributed by atoms with Gasteiger partial charge in [0.15, 0.2) is 0 Å². The fourth-order valence-electron chi connectivity index (χ4n) is 2.38. The Balaban J connectivity index is 2.32. The van der Waals surface area contributed by atoms with Gasteiger partial charge in [0.25, 0.3) is 0 Å². The summed E-state index contributed by atoms with van der Waals surface area (Å²) in [6.45, 7) is 2.08. The zero-order valence-corrected chi connectivity index (χ0v) is 10.7. The summed E-state index contributed by atoms with van der Waals surface area (Å²) >= 11 is 0. The van der Waals surface area contributed by atoms with Crippen LogP contribution in [-0.2, 0) is 9.53 Å². The zero-order valence-electron chi connectivity index (χ0n) is 10.7. The SMILES string of the molecule is COC(=O)CC1CCCCN1CCCCC#N. The molecule has 96 valence electrons. The van der Waals surface area contributed by atoms with Crippen LogP contribution in [0.5, 0.6) is 0 Å². The molecule has 0 amide bonds. The highest BCUT2D eigenvalue weighted by Crippen LogP contribution is 2.20. The normalized spacial score (nSPS) is 20.8. The quantitative estimate of drug-likeness (QED) is 0.525. The molecule has 0 bridgehead atoms. The van der Waals surface area contributed by atoms with Gasteiger partial charge < -0.3 is 4.74 Å². The first-order chi connectivity index (χ1) is 8.27. The minimum Gasteiger partial charge on any atom is -0.469 e. The summed E-state index contributed by atoms with van der Waals surface area (Å²) in [6.07, 6.45) is 6.66. The molecule has 1 aliphatic heterocycles. The largest absolute Gasteiger partial charge is 0.469 e. The third kappa shape index (κ3) is 5.18. The van der Waals surface area contributed by atoms with Crippen LogP contribution in [0, 0.1) is 11.3 Å². The van der Waals surface area contributed by atoms with Gasteiger partial charge in [0.05, 0.1) is 19.6 Å². The van der Waals surface area contributed by atoms with E-state index in [1.807, 2.05) is 0 Å². The second-order valence-electron chi connectivity index (χ2n) is 4.58. The van der Waals surface area contributed by atoms with Crippen LogP contribution in [0.15, 0.2) is 0 Å². The molecule has 0 N–H and O–H groups in total. The first kappa shape index (κ1) is 14.0. The Hall–Kier alpha value is -1.08. The van der Waals surface area contributed by atoms with Crippen molar-refractivity contribution in [3.63, 3.8) is 0 Å². The maximum atomic E-state index is 11.3. The summed E-state index contributed by atoms with van der Waals surface area (Å²) in [5, 5.41) is 8.48. The topological polar surface area (TPSA) is 53.3 Å². The number of carbonyl (C=O) groups excluding carboxylic acids is 1. The summed E-state index contributed by atoms with van der Waals surface area (Å²) in [5.41, 5.74) is 0. The van der Waals surface area contributed by atoms with Gasteiger partial charge in [0, 0.05) is 12.5 Å². The van der Waals surface area contributed by atoms with Gasteiger partial charge in [0.2, 0.25) is 0 Å².